The lowest BCUT2D eigenvalue weighted by atomic mass is 9.95. The summed E-state index contributed by atoms with van der Waals surface area (Å²) in [6, 6.07) is 4.27. The average Bonchev–Trinajstić information content (AvgIpc) is 3.20. The van der Waals surface area contributed by atoms with Gasteiger partial charge in [-0.15, -0.1) is 0 Å². The second-order valence-corrected chi connectivity index (χ2v) is 11.2. The Morgan fingerprint density at radius 2 is 1.67 bits per heavy atom. The number of aryl methyl sites for hydroxylation is 1. The van der Waals surface area contributed by atoms with E-state index in [1.807, 2.05) is 26.8 Å². The van der Waals surface area contributed by atoms with Gasteiger partial charge in [-0.25, -0.2) is 4.79 Å². The summed E-state index contributed by atoms with van der Waals surface area (Å²) in [6.07, 6.45) is 1.64. The number of rotatable bonds is 12. The number of aliphatic carboxylic acids is 1. The molecule has 0 aliphatic heterocycles. The molecule has 0 fully saturated rings. The highest BCUT2D eigenvalue weighted by Gasteiger charge is 2.32. The van der Waals surface area contributed by atoms with Crippen LogP contribution in [-0.2, 0) is 20.8 Å². The molecule has 0 saturated carbocycles. The van der Waals surface area contributed by atoms with Crippen LogP contribution >= 0.6 is 0 Å². The highest BCUT2D eigenvalue weighted by Crippen LogP contribution is 2.50. The molecule has 0 aromatic heterocycles. The molecule has 0 radical (unpaired) electrons. The third kappa shape index (κ3) is 7.21. The van der Waals surface area contributed by atoms with Crippen molar-refractivity contribution in [2.75, 3.05) is 26.6 Å². The molecule has 1 aliphatic rings. The molecule has 4 atom stereocenters. The number of methoxy groups -OCH3 is 3. The largest absolute Gasteiger partial charge is 0.493 e. The quantitative estimate of drug-likeness (QED) is 0.285. The molecule has 3 rings (SSSR count). The van der Waals surface area contributed by atoms with Gasteiger partial charge in [-0.05, 0) is 59.6 Å². The first-order valence-electron chi connectivity index (χ1n) is 14.5. The number of carbonyl (C=O) groups excluding carboxylic acids is 2. The molecular formula is C32H43N3O8. The third-order valence-corrected chi connectivity index (χ3v) is 7.95. The topological polar surface area (TPSA) is 152 Å². The van der Waals surface area contributed by atoms with Crippen molar-refractivity contribution >= 4 is 23.5 Å². The lowest BCUT2D eigenvalue weighted by Gasteiger charge is -2.26. The molecule has 0 heterocycles. The Morgan fingerprint density at radius 1 is 1.00 bits per heavy atom. The molecule has 2 aromatic carbocycles. The van der Waals surface area contributed by atoms with Gasteiger partial charge in [-0.3, -0.25) is 14.4 Å². The summed E-state index contributed by atoms with van der Waals surface area (Å²) in [5.74, 6) is -1.13. The van der Waals surface area contributed by atoms with Gasteiger partial charge in [-0.2, -0.15) is 0 Å². The number of hydrogen-bond acceptors (Lipinski definition) is 8. The summed E-state index contributed by atoms with van der Waals surface area (Å²) in [4.78, 5) is 51.1. The zero-order chi connectivity index (χ0) is 32.0. The van der Waals surface area contributed by atoms with Crippen LogP contribution in [0.5, 0.6) is 17.2 Å². The molecule has 1 aliphatic carbocycles. The Bertz CT molecular complexity index is 1420. The molecule has 234 valence electrons. The zero-order valence-corrected chi connectivity index (χ0v) is 26.1. The summed E-state index contributed by atoms with van der Waals surface area (Å²) in [5.41, 5.74) is 2.60. The number of carboxylic acids is 1. The summed E-state index contributed by atoms with van der Waals surface area (Å²) in [7, 11) is 4.58. The van der Waals surface area contributed by atoms with E-state index in [1.165, 1.54) is 27.2 Å². The van der Waals surface area contributed by atoms with Crippen LogP contribution in [-0.4, -0.2) is 56.3 Å². The standard InChI is InChI=1S/C32H43N3O8/c1-9-17(4)28(32(39)40)35-31(38)27(16(2)3)34-23-13-11-20-21(15-24(23)37)22(33-18(5)36)12-10-19-14-25(41-6)29(42-7)30(43-8)26(19)20/h11,13-17,22,27-28H,9-10,12H2,1-8H3,(H,33,36)(H,34,37)(H,35,38)(H,39,40)/t17-,22+,27+,28+/m0/s1. The van der Waals surface area contributed by atoms with Gasteiger partial charge in [0, 0.05) is 12.5 Å². The second kappa shape index (κ2) is 14.3. The number of anilines is 1. The van der Waals surface area contributed by atoms with E-state index in [0.29, 0.717) is 53.2 Å². The Morgan fingerprint density at radius 3 is 2.21 bits per heavy atom. The fourth-order valence-corrected chi connectivity index (χ4v) is 5.46. The van der Waals surface area contributed by atoms with E-state index in [9.17, 15) is 24.3 Å². The predicted molar refractivity (Wildman–Crippen MR) is 164 cm³/mol. The van der Waals surface area contributed by atoms with Gasteiger partial charge in [0.15, 0.2) is 11.5 Å². The van der Waals surface area contributed by atoms with Crippen molar-refractivity contribution in [1.82, 2.24) is 10.6 Å². The number of amides is 2. The van der Waals surface area contributed by atoms with E-state index in [1.54, 1.807) is 26.2 Å². The first-order chi connectivity index (χ1) is 20.4. The van der Waals surface area contributed by atoms with Crippen molar-refractivity contribution in [3.8, 4) is 28.4 Å². The van der Waals surface area contributed by atoms with Crippen molar-refractivity contribution < 1.29 is 33.7 Å². The number of nitrogens with one attached hydrogen (secondary N) is 3. The number of ether oxygens (including phenoxy) is 3. The van der Waals surface area contributed by atoms with E-state index in [2.05, 4.69) is 16.0 Å². The maximum Gasteiger partial charge on any atom is 0.326 e. The molecule has 2 aromatic rings. The fourth-order valence-electron chi connectivity index (χ4n) is 5.46. The minimum absolute atomic E-state index is 0.153. The van der Waals surface area contributed by atoms with Crippen LogP contribution in [0.3, 0.4) is 0 Å². The Hall–Kier alpha value is -4.28. The molecule has 11 heteroatoms. The maximum absolute atomic E-state index is 13.7. The van der Waals surface area contributed by atoms with Crippen LogP contribution in [0.2, 0.25) is 0 Å². The van der Waals surface area contributed by atoms with Crippen LogP contribution in [0.25, 0.3) is 11.1 Å². The van der Waals surface area contributed by atoms with Crippen LogP contribution in [0.1, 0.15) is 64.6 Å². The van der Waals surface area contributed by atoms with Crippen molar-refractivity contribution in [2.24, 2.45) is 11.8 Å². The summed E-state index contributed by atoms with van der Waals surface area (Å²) >= 11 is 0. The Kier molecular flexibility index (Phi) is 11.0. The van der Waals surface area contributed by atoms with E-state index < -0.39 is 35.4 Å². The third-order valence-electron chi connectivity index (χ3n) is 7.95. The summed E-state index contributed by atoms with van der Waals surface area (Å²) in [6.45, 7) is 8.67. The summed E-state index contributed by atoms with van der Waals surface area (Å²) in [5, 5.41) is 18.4. The van der Waals surface area contributed by atoms with Gasteiger partial charge in [0.05, 0.1) is 33.1 Å². The maximum atomic E-state index is 13.7. The Balaban J connectivity index is 2.20. The number of fused-ring (bicyclic) bond motifs is 3. The van der Waals surface area contributed by atoms with E-state index in [-0.39, 0.29) is 23.4 Å². The molecule has 2 amide bonds. The molecule has 43 heavy (non-hydrogen) atoms. The Labute approximate surface area is 252 Å². The smallest absolute Gasteiger partial charge is 0.326 e. The van der Waals surface area contributed by atoms with Crippen LogP contribution < -0.4 is 35.6 Å². The highest BCUT2D eigenvalue weighted by atomic mass is 16.5. The van der Waals surface area contributed by atoms with Crippen molar-refractivity contribution in [2.45, 2.75) is 72.0 Å². The zero-order valence-electron chi connectivity index (χ0n) is 26.1. The first kappa shape index (κ1) is 33.2. The van der Waals surface area contributed by atoms with Gasteiger partial charge < -0.3 is 35.3 Å². The molecule has 4 N–H and O–H groups in total. The second-order valence-electron chi connectivity index (χ2n) is 11.2. The molecule has 11 nitrogen and oxygen atoms in total. The average molecular weight is 598 g/mol. The molecular weight excluding hydrogens is 554 g/mol. The van der Waals surface area contributed by atoms with E-state index in [4.69, 9.17) is 14.2 Å². The number of carbonyl (C=O) groups is 3. The van der Waals surface area contributed by atoms with Crippen molar-refractivity contribution in [3.63, 3.8) is 0 Å². The first-order valence-corrected chi connectivity index (χ1v) is 14.5. The normalized spacial score (nSPS) is 16.0. The molecule has 0 unspecified atom stereocenters. The minimum atomic E-state index is -1.12. The van der Waals surface area contributed by atoms with Gasteiger partial charge in [0.1, 0.15) is 12.1 Å². The molecule has 0 saturated heterocycles. The summed E-state index contributed by atoms with van der Waals surface area (Å²) < 4.78 is 17.0. The minimum Gasteiger partial charge on any atom is -0.493 e. The number of hydrogen-bond donors (Lipinski definition) is 4. The van der Waals surface area contributed by atoms with Crippen LogP contribution in [0.15, 0.2) is 29.1 Å². The number of benzene rings is 1. The number of carboxylic acid groups (broad SMARTS) is 1. The fraction of sp³-hybridized carbons (Fsp3) is 0.500. The van der Waals surface area contributed by atoms with Gasteiger partial charge in [0.2, 0.25) is 23.0 Å². The molecule has 0 bridgehead atoms. The highest BCUT2D eigenvalue weighted by molar-refractivity contribution is 5.89. The van der Waals surface area contributed by atoms with Crippen LogP contribution in [0.4, 0.5) is 5.69 Å². The van der Waals surface area contributed by atoms with Gasteiger partial charge in [0.25, 0.3) is 0 Å². The predicted octanol–water partition coefficient (Wildman–Crippen LogP) is 3.92. The SMILES string of the molecule is CC[C@H](C)[C@@H](NC(=O)[C@H](Nc1ccc2c(cc1=O)[C@H](NC(C)=O)CCc1cc(OC)c(OC)c(OC)c1-2)C(C)C)C(=O)O. The lowest BCUT2D eigenvalue weighted by molar-refractivity contribution is -0.143. The van der Waals surface area contributed by atoms with Gasteiger partial charge >= 0.3 is 5.97 Å². The monoisotopic (exact) mass is 597 g/mol. The van der Waals surface area contributed by atoms with E-state index >= 15 is 0 Å². The van der Waals surface area contributed by atoms with Crippen molar-refractivity contribution in [3.05, 3.63) is 45.6 Å². The van der Waals surface area contributed by atoms with Crippen molar-refractivity contribution in [1.29, 1.82) is 0 Å². The van der Waals surface area contributed by atoms with E-state index in [0.717, 1.165) is 5.56 Å². The van der Waals surface area contributed by atoms with Crippen LogP contribution in [0, 0.1) is 11.8 Å². The van der Waals surface area contributed by atoms with Gasteiger partial charge in [-0.1, -0.05) is 40.2 Å². The molecule has 0 spiro atoms. The lowest BCUT2D eigenvalue weighted by Crippen LogP contribution is -2.52.